The largest absolute Gasteiger partial charge is 0.397 e. The van der Waals surface area contributed by atoms with Crippen LogP contribution in [-0.2, 0) is 0 Å². The lowest BCUT2D eigenvalue weighted by atomic mass is 9.79. The Balaban J connectivity index is 1.83. The lowest BCUT2D eigenvalue weighted by molar-refractivity contribution is 0.261. The van der Waals surface area contributed by atoms with Crippen molar-refractivity contribution in [3.8, 4) is 0 Å². The zero-order chi connectivity index (χ0) is 14.1. The molecule has 1 aliphatic carbocycles. The molecule has 0 amide bonds. The molecule has 106 valence electrons. The summed E-state index contributed by atoms with van der Waals surface area (Å²) in [5.74, 6) is 1.63. The quantitative estimate of drug-likeness (QED) is 0.808. The van der Waals surface area contributed by atoms with Crippen molar-refractivity contribution in [3.63, 3.8) is 0 Å². The van der Waals surface area contributed by atoms with Gasteiger partial charge in [0.15, 0.2) is 0 Å². The van der Waals surface area contributed by atoms with Gasteiger partial charge < -0.3 is 11.1 Å². The molecule has 1 aromatic carbocycles. The predicted octanol–water partition coefficient (Wildman–Crippen LogP) is 4.05. The number of pyridine rings is 1. The Labute approximate surface area is 120 Å². The zero-order valence-electron chi connectivity index (χ0n) is 12.3. The van der Waals surface area contributed by atoms with Gasteiger partial charge in [-0.15, -0.1) is 0 Å². The van der Waals surface area contributed by atoms with Gasteiger partial charge in [-0.3, -0.25) is 4.98 Å². The smallest absolute Gasteiger partial charge is 0.0630 e. The molecule has 0 spiro atoms. The van der Waals surface area contributed by atoms with Crippen molar-refractivity contribution in [2.24, 2.45) is 11.8 Å². The van der Waals surface area contributed by atoms with Gasteiger partial charge in [0.2, 0.25) is 0 Å². The Bertz CT molecular complexity index is 608. The molecule has 1 aliphatic rings. The third-order valence-corrected chi connectivity index (χ3v) is 4.82. The van der Waals surface area contributed by atoms with E-state index in [-0.39, 0.29) is 0 Å². The number of nitrogens with one attached hydrogen (secondary N) is 1. The van der Waals surface area contributed by atoms with Gasteiger partial charge in [0.25, 0.3) is 0 Å². The standard InChI is InChI=1S/C17H23N3/c1-11-3-5-14(9-12(11)2)20-16-6-4-13-10-19-8-7-15(13)17(16)18/h4,6-8,10-12,14,20H,3,5,9,18H2,1-2H3. The van der Waals surface area contributed by atoms with Crippen LogP contribution in [0.5, 0.6) is 0 Å². The molecule has 0 saturated heterocycles. The minimum atomic E-state index is 0.544. The van der Waals surface area contributed by atoms with E-state index in [1.165, 1.54) is 19.3 Å². The molecule has 0 bridgehead atoms. The minimum Gasteiger partial charge on any atom is -0.397 e. The van der Waals surface area contributed by atoms with Crippen LogP contribution in [0.2, 0.25) is 0 Å². The lowest BCUT2D eigenvalue weighted by Crippen LogP contribution is -2.30. The second-order valence-electron chi connectivity index (χ2n) is 6.23. The first kappa shape index (κ1) is 13.2. The molecule has 3 unspecified atom stereocenters. The van der Waals surface area contributed by atoms with Crippen molar-refractivity contribution in [3.05, 3.63) is 30.6 Å². The summed E-state index contributed by atoms with van der Waals surface area (Å²) in [4.78, 5) is 4.14. The summed E-state index contributed by atoms with van der Waals surface area (Å²) in [5, 5.41) is 5.83. The van der Waals surface area contributed by atoms with Crippen molar-refractivity contribution in [2.45, 2.75) is 39.2 Å². The molecule has 1 saturated carbocycles. The van der Waals surface area contributed by atoms with Gasteiger partial charge in [0, 0.05) is 29.2 Å². The van der Waals surface area contributed by atoms with Crippen molar-refractivity contribution < 1.29 is 0 Å². The number of hydrogen-bond donors (Lipinski definition) is 2. The average Bonchev–Trinajstić information content (AvgIpc) is 2.46. The summed E-state index contributed by atoms with van der Waals surface area (Å²) in [5.41, 5.74) is 8.22. The highest BCUT2D eigenvalue weighted by molar-refractivity contribution is 5.98. The third kappa shape index (κ3) is 2.45. The molecule has 20 heavy (non-hydrogen) atoms. The van der Waals surface area contributed by atoms with E-state index in [0.717, 1.165) is 34.0 Å². The first-order valence-electron chi connectivity index (χ1n) is 7.54. The maximum atomic E-state index is 6.31. The fourth-order valence-corrected chi connectivity index (χ4v) is 3.22. The second kappa shape index (κ2) is 5.31. The highest BCUT2D eigenvalue weighted by atomic mass is 14.9. The van der Waals surface area contributed by atoms with Gasteiger partial charge in [-0.05, 0) is 43.2 Å². The fraction of sp³-hybridized carbons (Fsp3) is 0.471. The van der Waals surface area contributed by atoms with Crippen molar-refractivity contribution >= 4 is 22.1 Å². The number of nitrogens with two attached hydrogens (primary N) is 1. The fourth-order valence-electron chi connectivity index (χ4n) is 3.22. The monoisotopic (exact) mass is 269 g/mol. The number of rotatable bonds is 2. The SMILES string of the molecule is CC1CCC(Nc2ccc3cnccc3c2N)CC1C. The molecule has 3 atom stereocenters. The molecule has 0 radical (unpaired) electrons. The average molecular weight is 269 g/mol. The molecule has 2 aromatic rings. The molecule has 1 aromatic heterocycles. The molecule has 3 nitrogen and oxygen atoms in total. The number of hydrogen-bond acceptors (Lipinski definition) is 3. The zero-order valence-corrected chi connectivity index (χ0v) is 12.3. The van der Waals surface area contributed by atoms with Crippen LogP contribution in [0.3, 0.4) is 0 Å². The summed E-state index contributed by atoms with van der Waals surface area (Å²) in [7, 11) is 0. The molecule has 3 heteroatoms. The van der Waals surface area contributed by atoms with Crippen LogP contribution >= 0.6 is 0 Å². The van der Waals surface area contributed by atoms with E-state index in [1.54, 1.807) is 6.20 Å². The molecule has 0 aliphatic heterocycles. The van der Waals surface area contributed by atoms with E-state index < -0.39 is 0 Å². The number of fused-ring (bicyclic) bond motifs is 1. The van der Waals surface area contributed by atoms with Gasteiger partial charge >= 0.3 is 0 Å². The summed E-state index contributed by atoms with van der Waals surface area (Å²) in [6.07, 6.45) is 7.43. The van der Waals surface area contributed by atoms with E-state index in [0.29, 0.717) is 6.04 Å². The topological polar surface area (TPSA) is 50.9 Å². The van der Waals surface area contributed by atoms with Gasteiger partial charge in [-0.1, -0.05) is 19.9 Å². The summed E-state index contributed by atoms with van der Waals surface area (Å²) < 4.78 is 0. The van der Waals surface area contributed by atoms with E-state index in [9.17, 15) is 0 Å². The molecule has 1 fully saturated rings. The van der Waals surface area contributed by atoms with Crippen LogP contribution < -0.4 is 11.1 Å². The maximum absolute atomic E-state index is 6.31. The van der Waals surface area contributed by atoms with Crippen LogP contribution in [0, 0.1) is 11.8 Å². The van der Waals surface area contributed by atoms with Crippen LogP contribution in [0.1, 0.15) is 33.1 Å². The molecule has 1 heterocycles. The second-order valence-corrected chi connectivity index (χ2v) is 6.23. The van der Waals surface area contributed by atoms with E-state index in [4.69, 9.17) is 5.73 Å². The lowest BCUT2D eigenvalue weighted by Gasteiger charge is -2.33. The number of anilines is 2. The van der Waals surface area contributed by atoms with Crippen molar-refractivity contribution in [2.75, 3.05) is 11.1 Å². The van der Waals surface area contributed by atoms with E-state index in [1.807, 2.05) is 12.3 Å². The van der Waals surface area contributed by atoms with Gasteiger partial charge in [0.1, 0.15) is 0 Å². The van der Waals surface area contributed by atoms with E-state index >= 15 is 0 Å². The molecular formula is C17H23N3. The first-order valence-corrected chi connectivity index (χ1v) is 7.54. The highest BCUT2D eigenvalue weighted by Gasteiger charge is 2.24. The summed E-state index contributed by atoms with van der Waals surface area (Å²) in [6.45, 7) is 4.71. The Morgan fingerprint density at radius 3 is 2.80 bits per heavy atom. The summed E-state index contributed by atoms with van der Waals surface area (Å²) in [6, 6.07) is 6.71. The molecule has 3 rings (SSSR count). The minimum absolute atomic E-state index is 0.544. The van der Waals surface area contributed by atoms with Crippen LogP contribution in [0.15, 0.2) is 30.6 Å². The number of nitrogens with zero attached hydrogens (tertiary/aromatic N) is 1. The molecule has 3 N–H and O–H groups in total. The van der Waals surface area contributed by atoms with Gasteiger partial charge in [-0.2, -0.15) is 0 Å². The van der Waals surface area contributed by atoms with Crippen molar-refractivity contribution in [1.29, 1.82) is 0 Å². The maximum Gasteiger partial charge on any atom is 0.0630 e. The van der Waals surface area contributed by atoms with Crippen LogP contribution in [-0.4, -0.2) is 11.0 Å². The first-order chi connectivity index (χ1) is 9.65. The Morgan fingerprint density at radius 2 is 2.00 bits per heavy atom. The molecular weight excluding hydrogens is 246 g/mol. The van der Waals surface area contributed by atoms with Gasteiger partial charge in [0.05, 0.1) is 11.4 Å². The Hall–Kier alpha value is -1.77. The normalized spacial score (nSPS) is 26.6. The number of aromatic nitrogens is 1. The Kier molecular flexibility index (Phi) is 3.51. The van der Waals surface area contributed by atoms with Crippen LogP contribution in [0.4, 0.5) is 11.4 Å². The number of benzene rings is 1. The number of nitrogen functional groups attached to an aromatic ring is 1. The third-order valence-electron chi connectivity index (χ3n) is 4.82. The summed E-state index contributed by atoms with van der Waals surface area (Å²) >= 11 is 0. The Morgan fingerprint density at radius 1 is 1.15 bits per heavy atom. The van der Waals surface area contributed by atoms with E-state index in [2.05, 4.69) is 36.3 Å². The van der Waals surface area contributed by atoms with Crippen molar-refractivity contribution in [1.82, 2.24) is 4.98 Å². The van der Waals surface area contributed by atoms with Gasteiger partial charge in [-0.25, -0.2) is 0 Å². The predicted molar refractivity (Wildman–Crippen MR) is 85.7 cm³/mol. The highest BCUT2D eigenvalue weighted by Crippen LogP contribution is 2.34. The van der Waals surface area contributed by atoms with Crippen LogP contribution in [0.25, 0.3) is 10.8 Å².